The smallest absolute Gasteiger partial charge is 0.259 e. The van der Waals surface area contributed by atoms with Crippen LogP contribution in [0.1, 0.15) is 35.2 Å². The van der Waals surface area contributed by atoms with E-state index in [0.29, 0.717) is 25.6 Å². The lowest BCUT2D eigenvalue weighted by Gasteiger charge is -2.46. The van der Waals surface area contributed by atoms with Crippen LogP contribution in [0.3, 0.4) is 0 Å². The number of piperazine rings is 1. The van der Waals surface area contributed by atoms with E-state index < -0.39 is 23.1 Å². The SMILES string of the molecule is Cc1ccc(F)c(C(=O)N2CCC(N3CCN(C)CC3)C(CCCO)C2)c1F. The molecule has 2 aliphatic heterocycles. The standard InChI is InChI=1S/C21H31F2N3O2/c1-15-5-6-17(22)19(20(15)23)21(28)26-8-7-18(16(14-26)4-3-13-27)25-11-9-24(2)10-12-25/h5-6,16,18,27H,3-4,7-14H2,1-2H3. The van der Waals surface area contributed by atoms with Crippen LogP contribution in [-0.2, 0) is 0 Å². The van der Waals surface area contributed by atoms with E-state index in [-0.39, 0.29) is 18.1 Å². The quantitative estimate of drug-likeness (QED) is 0.830. The maximum atomic E-state index is 14.4. The monoisotopic (exact) mass is 395 g/mol. The van der Waals surface area contributed by atoms with Crippen LogP contribution in [0.5, 0.6) is 0 Å². The molecule has 156 valence electrons. The van der Waals surface area contributed by atoms with Crippen LogP contribution < -0.4 is 0 Å². The van der Waals surface area contributed by atoms with Gasteiger partial charge in [-0.05, 0) is 50.8 Å². The summed E-state index contributed by atoms with van der Waals surface area (Å²) >= 11 is 0. The fourth-order valence-corrected chi connectivity index (χ4v) is 4.49. The Kier molecular flexibility index (Phi) is 7.01. The predicted molar refractivity (Wildman–Crippen MR) is 104 cm³/mol. The molecule has 1 N–H and O–H groups in total. The molecule has 2 heterocycles. The lowest BCUT2D eigenvalue weighted by molar-refractivity contribution is 0.0214. The molecule has 0 aliphatic carbocycles. The number of carbonyl (C=O) groups is 1. The summed E-state index contributed by atoms with van der Waals surface area (Å²) in [4.78, 5) is 19.3. The summed E-state index contributed by atoms with van der Waals surface area (Å²) in [5.41, 5.74) is -0.173. The van der Waals surface area contributed by atoms with Gasteiger partial charge in [-0.25, -0.2) is 8.78 Å². The molecule has 3 rings (SSSR count). The summed E-state index contributed by atoms with van der Waals surface area (Å²) in [6.07, 6.45) is 2.26. The van der Waals surface area contributed by atoms with Gasteiger partial charge in [-0.2, -0.15) is 0 Å². The number of likely N-dealkylation sites (tertiary alicyclic amines) is 1. The van der Waals surface area contributed by atoms with Crippen molar-refractivity contribution in [2.45, 2.75) is 32.2 Å². The van der Waals surface area contributed by atoms with Gasteiger partial charge < -0.3 is 14.9 Å². The maximum absolute atomic E-state index is 14.4. The number of hydrogen-bond acceptors (Lipinski definition) is 4. The minimum absolute atomic E-state index is 0.112. The molecule has 2 aliphatic rings. The van der Waals surface area contributed by atoms with E-state index in [2.05, 4.69) is 16.8 Å². The van der Waals surface area contributed by atoms with E-state index in [9.17, 15) is 18.7 Å². The zero-order valence-corrected chi connectivity index (χ0v) is 16.8. The first kappa shape index (κ1) is 21.1. The van der Waals surface area contributed by atoms with Crippen molar-refractivity contribution >= 4 is 5.91 Å². The van der Waals surface area contributed by atoms with E-state index in [0.717, 1.165) is 45.1 Å². The largest absolute Gasteiger partial charge is 0.396 e. The molecule has 1 amide bonds. The third-order valence-corrected chi connectivity index (χ3v) is 6.22. The number of rotatable bonds is 5. The van der Waals surface area contributed by atoms with Crippen LogP contribution in [-0.4, -0.2) is 84.7 Å². The molecule has 2 atom stereocenters. The summed E-state index contributed by atoms with van der Waals surface area (Å²) < 4.78 is 28.6. The van der Waals surface area contributed by atoms with E-state index >= 15 is 0 Å². The average molecular weight is 395 g/mol. The van der Waals surface area contributed by atoms with Crippen LogP contribution >= 0.6 is 0 Å². The van der Waals surface area contributed by atoms with E-state index in [1.165, 1.54) is 13.0 Å². The van der Waals surface area contributed by atoms with Crippen LogP contribution in [0.2, 0.25) is 0 Å². The van der Waals surface area contributed by atoms with E-state index in [1.807, 2.05) is 0 Å². The van der Waals surface area contributed by atoms with Crippen LogP contribution in [0.4, 0.5) is 8.78 Å². The number of aliphatic hydroxyl groups is 1. The van der Waals surface area contributed by atoms with Gasteiger partial charge in [0.05, 0.1) is 0 Å². The fraction of sp³-hybridized carbons (Fsp3) is 0.667. The molecule has 7 heteroatoms. The number of benzene rings is 1. The number of piperidine rings is 1. The highest BCUT2D eigenvalue weighted by molar-refractivity contribution is 5.95. The van der Waals surface area contributed by atoms with E-state index in [1.54, 1.807) is 4.90 Å². The van der Waals surface area contributed by atoms with Gasteiger partial charge in [-0.15, -0.1) is 0 Å². The van der Waals surface area contributed by atoms with Crippen molar-refractivity contribution in [3.8, 4) is 0 Å². The van der Waals surface area contributed by atoms with Crippen LogP contribution in [0.15, 0.2) is 12.1 Å². The predicted octanol–water partition coefficient (Wildman–Crippen LogP) is 2.12. The first-order chi connectivity index (χ1) is 13.4. The van der Waals surface area contributed by atoms with Crippen molar-refractivity contribution in [1.29, 1.82) is 0 Å². The topological polar surface area (TPSA) is 47.0 Å². The Bertz CT molecular complexity index is 692. The Morgan fingerprint density at radius 2 is 1.89 bits per heavy atom. The van der Waals surface area contributed by atoms with Crippen molar-refractivity contribution in [2.24, 2.45) is 5.92 Å². The Morgan fingerprint density at radius 3 is 2.57 bits per heavy atom. The molecule has 0 radical (unpaired) electrons. The number of aryl methyl sites for hydroxylation is 1. The summed E-state index contributed by atoms with van der Waals surface area (Å²) in [6.45, 7) is 6.64. The highest BCUT2D eigenvalue weighted by atomic mass is 19.1. The fourth-order valence-electron chi connectivity index (χ4n) is 4.49. The third-order valence-electron chi connectivity index (χ3n) is 6.22. The van der Waals surface area contributed by atoms with Crippen molar-refractivity contribution in [2.75, 3.05) is 52.9 Å². The van der Waals surface area contributed by atoms with Crippen molar-refractivity contribution in [3.63, 3.8) is 0 Å². The zero-order chi connectivity index (χ0) is 20.3. The number of amides is 1. The normalized spacial score (nSPS) is 24.5. The Hall–Kier alpha value is -1.57. The zero-order valence-electron chi connectivity index (χ0n) is 16.8. The molecule has 2 unspecified atom stereocenters. The summed E-state index contributed by atoms with van der Waals surface area (Å²) in [6, 6.07) is 2.85. The van der Waals surface area contributed by atoms with Crippen LogP contribution in [0, 0.1) is 24.5 Å². The lowest BCUT2D eigenvalue weighted by Crippen LogP contribution is -2.57. The maximum Gasteiger partial charge on any atom is 0.259 e. The molecule has 1 aromatic carbocycles. The van der Waals surface area contributed by atoms with Crippen molar-refractivity contribution in [3.05, 3.63) is 34.9 Å². The van der Waals surface area contributed by atoms with Crippen molar-refractivity contribution in [1.82, 2.24) is 14.7 Å². The molecule has 2 fully saturated rings. The number of aliphatic hydroxyl groups excluding tert-OH is 1. The van der Waals surface area contributed by atoms with E-state index in [4.69, 9.17) is 0 Å². The highest BCUT2D eigenvalue weighted by Gasteiger charge is 2.37. The first-order valence-corrected chi connectivity index (χ1v) is 10.2. The molecule has 0 spiro atoms. The van der Waals surface area contributed by atoms with Crippen LogP contribution in [0.25, 0.3) is 0 Å². The molecular weight excluding hydrogens is 364 g/mol. The van der Waals surface area contributed by atoms with Gasteiger partial charge in [-0.3, -0.25) is 9.69 Å². The summed E-state index contributed by atoms with van der Waals surface area (Å²) in [5.74, 6) is -1.94. The number of carbonyl (C=O) groups excluding carboxylic acids is 1. The molecule has 5 nitrogen and oxygen atoms in total. The molecule has 1 aromatic rings. The van der Waals surface area contributed by atoms with Gasteiger partial charge in [0.25, 0.3) is 5.91 Å². The molecule has 2 saturated heterocycles. The van der Waals surface area contributed by atoms with Gasteiger partial charge >= 0.3 is 0 Å². The summed E-state index contributed by atoms with van der Waals surface area (Å²) in [5, 5.41) is 9.28. The van der Waals surface area contributed by atoms with Crippen molar-refractivity contribution < 1.29 is 18.7 Å². The van der Waals surface area contributed by atoms with Gasteiger partial charge in [0, 0.05) is 51.9 Å². The summed E-state index contributed by atoms with van der Waals surface area (Å²) in [7, 11) is 2.12. The lowest BCUT2D eigenvalue weighted by atomic mass is 9.86. The number of nitrogens with zero attached hydrogens (tertiary/aromatic N) is 3. The third kappa shape index (κ3) is 4.53. The highest BCUT2D eigenvalue weighted by Crippen LogP contribution is 2.29. The Morgan fingerprint density at radius 1 is 1.18 bits per heavy atom. The number of halogens is 2. The molecule has 28 heavy (non-hydrogen) atoms. The van der Waals surface area contributed by atoms with Gasteiger partial charge in [0.2, 0.25) is 0 Å². The second kappa shape index (κ2) is 9.29. The Balaban J connectivity index is 1.75. The van der Waals surface area contributed by atoms with Gasteiger partial charge in [-0.1, -0.05) is 6.07 Å². The molecule has 0 saturated carbocycles. The molecular formula is C21H31F2N3O2. The minimum atomic E-state index is -0.804. The second-order valence-electron chi connectivity index (χ2n) is 8.13. The van der Waals surface area contributed by atoms with Gasteiger partial charge in [0.15, 0.2) is 0 Å². The van der Waals surface area contributed by atoms with Gasteiger partial charge in [0.1, 0.15) is 17.2 Å². The molecule has 0 bridgehead atoms. The number of likely N-dealkylation sites (N-methyl/N-ethyl adjacent to an activating group) is 1. The average Bonchev–Trinajstić information content (AvgIpc) is 2.70. The first-order valence-electron chi connectivity index (χ1n) is 10.2. The second-order valence-corrected chi connectivity index (χ2v) is 8.13. The minimum Gasteiger partial charge on any atom is -0.396 e. The Labute approximate surface area is 165 Å². The number of hydrogen-bond donors (Lipinski definition) is 1. The molecule has 0 aromatic heterocycles.